The Morgan fingerprint density at radius 2 is 2.03 bits per heavy atom. The molecule has 36 heavy (non-hydrogen) atoms. The number of aliphatic imine (C=N–C) groups is 1. The fourth-order valence-corrected chi connectivity index (χ4v) is 4.47. The molecule has 1 aromatic carbocycles. The molecule has 2 atom stereocenters. The second-order valence-electron chi connectivity index (χ2n) is 8.63. The van der Waals surface area contributed by atoms with E-state index in [1.165, 1.54) is 19.2 Å². The summed E-state index contributed by atoms with van der Waals surface area (Å²) in [5.41, 5.74) is 3.17. The first-order valence-electron chi connectivity index (χ1n) is 11.3. The van der Waals surface area contributed by atoms with E-state index in [2.05, 4.69) is 20.1 Å². The monoisotopic (exact) mass is 490 g/mol. The van der Waals surface area contributed by atoms with Gasteiger partial charge in [-0.3, -0.25) is 29.8 Å². The van der Waals surface area contributed by atoms with Crippen LogP contribution in [-0.4, -0.2) is 50.8 Å². The van der Waals surface area contributed by atoms with Gasteiger partial charge < -0.3 is 9.26 Å². The number of benzene rings is 1. The summed E-state index contributed by atoms with van der Waals surface area (Å²) in [6.45, 7) is 4.58. The summed E-state index contributed by atoms with van der Waals surface area (Å²) in [7, 11) is 3.23. The van der Waals surface area contributed by atoms with E-state index in [-0.39, 0.29) is 11.6 Å². The minimum Gasteiger partial charge on any atom is -0.468 e. The quantitative estimate of drug-likeness (QED) is 0.262. The second-order valence-corrected chi connectivity index (χ2v) is 8.63. The van der Waals surface area contributed by atoms with Crippen molar-refractivity contribution in [1.82, 2.24) is 20.0 Å². The van der Waals surface area contributed by atoms with Crippen molar-refractivity contribution in [3.05, 3.63) is 87.4 Å². The molecule has 186 valence electrons. The molecule has 11 nitrogen and oxygen atoms in total. The highest BCUT2D eigenvalue weighted by Gasteiger charge is 2.42. The highest BCUT2D eigenvalue weighted by molar-refractivity contribution is 6.06. The van der Waals surface area contributed by atoms with E-state index in [1.807, 2.05) is 24.1 Å². The predicted octanol–water partition coefficient (Wildman–Crippen LogP) is 3.78. The van der Waals surface area contributed by atoms with Gasteiger partial charge in [0.2, 0.25) is 0 Å². The standard InChI is InChI=1S/C25H26N6O5/c1-15-21(24-28-20(29-36-24)14-30(3)13-17-7-6-10-26-12-17)23(22(16(2)27-15)25(32)35-4)18-8-5-9-19(11-18)31(33)34/h5-12,22-23H,13-14H2,1-4H3. The molecule has 0 bridgehead atoms. The van der Waals surface area contributed by atoms with E-state index in [0.29, 0.717) is 41.5 Å². The van der Waals surface area contributed by atoms with Crippen molar-refractivity contribution >= 4 is 22.9 Å². The number of aromatic nitrogens is 3. The number of non-ortho nitro benzene ring substituents is 1. The second kappa shape index (κ2) is 10.6. The van der Waals surface area contributed by atoms with Crippen LogP contribution in [0.2, 0.25) is 0 Å². The molecular formula is C25H26N6O5. The molecule has 3 heterocycles. The molecule has 0 aliphatic carbocycles. The molecule has 0 fully saturated rings. The molecule has 0 N–H and O–H groups in total. The van der Waals surface area contributed by atoms with Crippen LogP contribution in [0, 0.1) is 16.0 Å². The SMILES string of the molecule is COC(=O)C1C(C)=NC(C)=C(c2nc(CN(C)Cc3cccnc3)no2)C1c1cccc([N+](=O)[O-])c1. The number of ether oxygens (including phenoxy) is 1. The van der Waals surface area contributed by atoms with Crippen LogP contribution in [0.3, 0.4) is 0 Å². The van der Waals surface area contributed by atoms with E-state index >= 15 is 0 Å². The number of esters is 1. The minimum absolute atomic E-state index is 0.0865. The van der Waals surface area contributed by atoms with Gasteiger partial charge in [-0.25, -0.2) is 0 Å². The molecule has 3 aromatic rings. The van der Waals surface area contributed by atoms with Gasteiger partial charge in [0.1, 0.15) is 5.92 Å². The lowest BCUT2D eigenvalue weighted by atomic mass is 9.75. The van der Waals surface area contributed by atoms with E-state index in [4.69, 9.17) is 9.26 Å². The maximum absolute atomic E-state index is 12.8. The minimum atomic E-state index is -0.806. The molecular weight excluding hydrogens is 464 g/mol. The van der Waals surface area contributed by atoms with Gasteiger partial charge in [-0.05, 0) is 38.1 Å². The van der Waals surface area contributed by atoms with Gasteiger partial charge in [-0.15, -0.1) is 0 Å². The van der Waals surface area contributed by atoms with Crippen molar-refractivity contribution in [1.29, 1.82) is 0 Å². The summed E-state index contributed by atoms with van der Waals surface area (Å²) >= 11 is 0. The summed E-state index contributed by atoms with van der Waals surface area (Å²) in [4.78, 5) is 39.1. The molecule has 11 heteroatoms. The third kappa shape index (κ3) is 5.20. The summed E-state index contributed by atoms with van der Waals surface area (Å²) in [6, 6.07) is 10.0. The molecule has 0 radical (unpaired) electrons. The Labute approximate surface area is 207 Å². The zero-order valence-corrected chi connectivity index (χ0v) is 20.4. The van der Waals surface area contributed by atoms with Crippen molar-refractivity contribution < 1.29 is 19.0 Å². The van der Waals surface area contributed by atoms with Gasteiger partial charge >= 0.3 is 5.97 Å². The van der Waals surface area contributed by atoms with Crippen LogP contribution in [0.25, 0.3) is 5.57 Å². The predicted molar refractivity (Wildman–Crippen MR) is 131 cm³/mol. The van der Waals surface area contributed by atoms with E-state index in [1.54, 1.807) is 38.4 Å². The first-order valence-corrected chi connectivity index (χ1v) is 11.3. The molecule has 0 saturated carbocycles. The van der Waals surface area contributed by atoms with Crippen LogP contribution in [0.5, 0.6) is 0 Å². The Morgan fingerprint density at radius 1 is 1.22 bits per heavy atom. The number of hydrogen-bond donors (Lipinski definition) is 0. The summed E-state index contributed by atoms with van der Waals surface area (Å²) < 4.78 is 10.7. The Balaban J connectivity index is 1.70. The number of carbonyl (C=O) groups is 1. The Morgan fingerprint density at radius 3 is 2.72 bits per heavy atom. The van der Waals surface area contributed by atoms with E-state index in [0.717, 1.165) is 5.56 Å². The summed E-state index contributed by atoms with van der Waals surface area (Å²) in [5.74, 6) is -1.31. The molecule has 0 saturated heterocycles. The highest BCUT2D eigenvalue weighted by atomic mass is 16.6. The highest BCUT2D eigenvalue weighted by Crippen LogP contribution is 2.44. The molecule has 4 rings (SSSR count). The lowest BCUT2D eigenvalue weighted by molar-refractivity contribution is -0.384. The Kier molecular flexibility index (Phi) is 7.30. The van der Waals surface area contributed by atoms with Crippen molar-refractivity contribution in [2.75, 3.05) is 14.2 Å². The largest absolute Gasteiger partial charge is 0.468 e. The molecule has 0 amide bonds. The third-order valence-corrected chi connectivity index (χ3v) is 6.01. The van der Waals surface area contributed by atoms with E-state index < -0.39 is 22.7 Å². The zero-order chi connectivity index (χ0) is 25.8. The van der Waals surface area contributed by atoms with Crippen LogP contribution < -0.4 is 0 Å². The van der Waals surface area contributed by atoms with Crippen molar-refractivity contribution in [3.63, 3.8) is 0 Å². The lowest BCUT2D eigenvalue weighted by Gasteiger charge is -2.30. The molecule has 2 unspecified atom stereocenters. The number of rotatable bonds is 8. The normalized spacial score (nSPS) is 17.8. The van der Waals surface area contributed by atoms with Crippen molar-refractivity contribution in [2.24, 2.45) is 10.9 Å². The maximum Gasteiger partial charge on any atom is 0.315 e. The average molecular weight is 491 g/mol. The van der Waals surface area contributed by atoms with Gasteiger partial charge in [-0.1, -0.05) is 23.4 Å². The van der Waals surface area contributed by atoms with Crippen molar-refractivity contribution in [2.45, 2.75) is 32.9 Å². The number of methoxy groups -OCH3 is 1. The fraction of sp³-hybridized carbons (Fsp3) is 0.320. The third-order valence-electron chi connectivity index (χ3n) is 6.01. The number of nitrogens with zero attached hydrogens (tertiary/aromatic N) is 6. The Bertz CT molecular complexity index is 1330. The first-order chi connectivity index (χ1) is 17.3. The van der Waals surface area contributed by atoms with Gasteiger partial charge in [0.25, 0.3) is 11.6 Å². The van der Waals surface area contributed by atoms with Gasteiger partial charge in [0.15, 0.2) is 5.82 Å². The first kappa shape index (κ1) is 24.9. The maximum atomic E-state index is 12.8. The summed E-state index contributed by atoms with van der Waals surface area (Å²) in [5, 5.41) is 15.6. The fourth-order valence-electron chi connectivity index (χ4n) is 4.47. The number of pyridine rings is 1. The van der Waals surface area contributed by atoms with Crippen LogP contribution in [0.15, 0.2) is 64.0 Å². The summed E-state index contributed by atoms with van der Waals surface area (Å²) in [6.07, 6.45) is 3.52. The number of nitro groups is 1. The van der Waals surface area contributed by atoms with Crippen molar-refractivity contribution in [3.8, 4) is 0 Å². The van der Waals surface area contributed by atoms with Crippen LogP contribution in [0.4, 0.5) is 5.69 Å². The zero-order valence-electron chi connectivity index (χ0n) is 20.4. The number of allylic oxidation sites excluding steroid dienone is 2. The topological polar surface area (TPSA) is 137 Å². The van der Waals surface area contributed by atoms with Crippen LogP contribution in [0.1, 0.15) is 42.6 Å². The average Bonchev–Trinajstić information content (AvgIpc) is 3.31. The molecule has 0 spiro atoms. The number of carbonyl (C=O) groups excluding carboxylic acids is 1. The number of hydrogen-bond acceptors (Lipinski definition) is 10. The molecule has 1 aliphatic heterocycles. The molecule has 1 aliphatic rings. The Hall–Kier alpha value is -4.25. The van der Waals surface area contributed by atoms with Crippen LogP contribution in [-0.2, 0) is 22.6 Å². The van der Waals surface area contributed by atoms with E-state index in [9.17, 15) is 14.9 Å². The van der Waals surface area contributed by atoms with Gasteiger partial charge in [-0.2, -0.15) is 4.98 Å². The van der Waals surface area contributed by atoms with Gasteiger partial charge in [0, 0.05) is 54.0 Å². The van der Waals surface area contributed by atoms with Gasteiger partial charge in [0.05, 0.1) is 18.6 Å². The smallest absolute Gasteiger partial charge is 0.315 e. The molecule has 2 aromatic heterocycles. The lowest BCUT2D eigenvalue weighted by Crippen LogP contribution is -2.33. The number of nitro benzene ring substituents is 1. The van der Waals surface area contributed by atoms with Crippen LogP contribution >= 0.6 is 0 Å².